The van der Waals surface area contributed by atoms with Crippen molar-refractivity contribution < 1.29 is 17.2 Å². The number of nitrogens with zero attached hydrogens (tertiary/aromatic N) is 2. The number of anilines is 1. The van der Waals surface area contributed by atoms with Crippen LogP contribution in [0.2, 0.25) is 5.15 Å². The highest BCUT2D eigenvalue weighted by Crippen LogP contribution is 2.22. The molecule has 120 valence electrons. The zero-order valence-electron chi connectivity index (χ0n) is 11.4. The molecule has 1 aromatic heterocycles. The van der Waals surface area contributed by atoms with E-state index in [2.05, 4.69) is 14.7 Å². The van der Waals surface area contributed by atoms with Gasteiger partial charge in [0.2, 0.25) is 10.0 Å². The highest BCUT2D eigenvalue weighted by Gasteiger charge is 2.15. The second-order valence-electron chi connectivity index (χ2n) is 4.49. The number of sulfonamides is 1. The molecule has 0 amide bonds. The number of fused-ring (bicyclic) bond motifs is 1. The van der Waals surface area contributed by atoms with E-state index in [1.54, 1.807) is 24.3 Å². The third kappa shape index (κ3) is 4.87. The minimum Gasteiger partial charge on any atom is -0.772 e. The van der Waals surface area contributed by atoms with Crippen molar-refractivity contribution in [1.82, 2.24) is 9.97 Å². The fourth-order valence-corrected chi connectivity index (χ4v) is 3.55. The average Bonchev–Trinajstić information content (AvgIpc) is 2.44. The van der Waals surface area contributed by atoms with Crippen LogP contribution in [0.25, 0.3) is 11.0 Å². The first-order valence-electron chi connectivity index (χ1n) is 6.36. The van der Waals surface area contributed by atoms with Crippen LogP contribution >= 0.6 is 11.6 Å². The molecule has 0 aliphatic rings. The number of unbranched alkanes of at least 4 members (excludes halogenated alkanes) is 1. The number of halogens is 1. The maximum atomic E-state index is 11.9. The lowest BCUT2D eigenvalue weighted by Gasteiger charge is -2.09. The monoisotopic (exact) mass is 362 g/mol. The normalized spacial score (nSPS) is 13.2. The molecule has 0 bridgehead atoms. The molecule has 0 fully saturated rings. The van der Waals surface area contributed by atoms with Gasteiger partial charge in [0.15, 0.2) is 11.0 Å². The smallest absolute Gasteiger partial charge is 0.233 e. The summed E-state index contributed by atoms with van der Waals surface area (Å²) in [6.07, 6.45) is 0.496. The molecule has 0 aliphatic heterocycles. The Morgan fingerprint density at radius 3 is 2.45 bits per heavy atom. The van der Waals surface area contributed by atoms with Crippen LogP contribution in [0.3, 0.4) is 0 Å². The van der Waals surface area contributed by atoms with Crippen molar-refractivity contribution in [3.63, 3.8) is 0 Å². The van der Waals surface area contributed by atoms with Crippen molar-refractivity contribution in [3.05, 3.63) is 29.4 Å². The lowest BCUT2D eigenvalue weighted by atomic mass is 10.3. The molecule has 0 spiro atoms. The van der Waals surface area contributed by atoms with Gasteiger partial charge in [-0.05, 0) is 25.0 Å². The highest BCUT2D eigenvalue weighted by molar-refractivity contribution is 7.92. The van der Waals surface area contributed by atoms with Crippen LogP contribution in [0.15, 0.2) is 24.3 Å². The molecule has 0 saturated heterocycles. The first-order chi connectivity index (χ1) is 10.4. The van der Waals surface area contributed by atoms with Gasteiger partial charge in [-0.3, -0.25) is 8.93 Å². The minimum absolute atomic E-state index is 0.0345. The number of hydrogen-bond acceptors (Lipinski definition) is 6. The molecule has 10 heteroatoms. The van der Waals surface area contributed by atoms with Crippen molar-refractivity contribution in [3.8, 4) is 0 Å². The summed E-state index contributed by atoms with van der Waals surface area (Å²) in [5.41, 5.74) is 1.08. The summed E-state index contributed by atoms with van der Waals surface area (Å²) in [5, 5.41) is -0.0389. The summed E-state index contributed by atoms with van der Waals surface area (Å²) < 4.78 is 46.9. The van der Waals surface area contributed by atoms with Crippen molar-refractivity contribution in [2.45, 2.75) is 12.8 Å². The second kappa shape index (κ2) is 7.32. The molecule has 0 aliphatic carbocycles. The molecule has 2 aromatic rings. The Balaban J connectivity index is 2.08. The molecule has 1 atom stereocenters. The summed E-state index contributed by atoms with van der Waals surface area (Å²) in [7, 11) is -3.66. The van der Waals surface area contributed by atoms with E-state index in [0.29, 0.717) is 11.0 Å². The molecular weight excluding hydrogens is 350 g/mol. The highest BCUT2D eigenvalue weighted by atomic mass is 35.5. The van der Waals surface area contributed by atoms with Crippen LogP contribution in [0.5, 0.6) is 0 Å². The predicted octanol–water partition coefficient (Wildman–Crippen LogP) is 1.68. The lowest BCUT2D eigenvalue weighted by molar-refractivity contribution is 0.534. The molecule has 1 unspecified atom stereocenters. The van der Waals surface area contributed by atoms with Gasteiger partial charge in [0.25, 0.3) is 0 Å². The van der Waals surface area contributed by atoms with Gasteiger partial charge in [-0.1, -0.05) is 34.8 Å². The maximum absolute atomic E-state index is 11.9. The largest absolute Gasteiger partial charge is 0.772 e. The van der Waals surface area contributed by atoms with E-state index in [1.165, 1.54) is 0 Å². The van der Waals surface area contributed by atoms with Gasteiger partial charge in [0.1, 0.15) is 0 Å². The van der Waals surface area contributed by atoms with Gasteiger partial charge in [-0.2, -0.15) is 0 Å². The number of para-hydroxylation sites is 2. The van der Waals surface area contributed by atoms with Crippen LogP contribution in [0.1, 0.15) is 12.8 Å². The Kier molecular flexibility index (Phi) is 5.68. The Labute approximate surface area is 135 Å². The number of rotatable bonds is 7. The SMILES string of the molecule is O=S([O-])CCCCS(=O)(=O)Nc1nc2ccccc2nc1Cl. The molecular formula is C12H13ClN3O4S2-. The summed E-state index contributed by atoms with van der Waals surface area (Å²) in [6, 6.07) is 6.94. The van der Waals surface area contributed by atoms with Gasteiger partial charge in [-0.25, -0.2) is 18.4 Å². The van der Waals surface area contributed by atoms with E-state index < -0.39 is 21.1 Å². The predicted molar refractivity (Wildman–Crippen MR) is 85.0 cm³/mol. The van der Waals surface area contributed by atoms with Crippen molar-refractivity contribution >= 4 is 49.6 Å². The van der Waals surface area contributed by atoms with E-state index in [1.807, 2.05) is 0 Å². The van der Waals surface area contributed by atoms with Gasteiger partial charge < -0.3 is 4.55 Å². The average molecular weight is 363 g/mol. The van der Waals surface area contributed by atoms with Crippen molar-refractivity contribution in [1.29, 1.82) is 0 Å². The number of hydrogen-bond donors (Lipinski definition) is 1. The van der Waals surface area contributed by atoms with E-state index in [-0.39, 0.29) is 35.3 Å². The summed E-state index contributed by atoms with van der Waals surface area (Å²) in [5.74, 6) is -0.311. The Bertz CT molecular complexity index is 798. The quantitative estimate of drug-likeness (QED) is 0.592. The molecule has 2 rings (SSSR count). The van der Waals surface area contributed by atoms with Crippen LogP contribution in [-0.2, 0) is 21.1 Å². The summed E-state index contributed by atoms with van der Waals surface area (Å²) in [4.78, 5) is 8.21. The lowest BCUT2D eigenvalue weighted by Crippen LogP contribution is -2.18. The standard InChI is InChI=1S/C12H14ClN3O4S2/c13-11-12(15-10-6-2-1-5-9(10)14-11)16-22(19,20)8-4-3-7-21(17)18/h1-2,5-6H,3-4,7-8H2,(H,15,16)(H,17,18)/p-1. The zero-order chi connectivity index (χ0) is 16.2. The van der Waals surface area contributed by atoms with Crippen LogP contribution < -0.4 is 4.72 Å². The van der Waals surface area contributed by atoms with Crippen LogP contribution in [0, 0.1) is 0 Å². The molecule has 0 radical (unpaired) electrons. The Morgan fingerprint density at radius 2 is 1.82 bits per heavy atom. The maximum Gasteiger partial charge on any atom is 0.233 e. The number of aromatic nitrogens is 2. The third-order valence-electron chi connectivity index (χ3n) is 2.75. The molecule has 1 N–H and O–H groups in total. The van der Waals surface area contributed by atoms with Crippen LogP contribution in [-0.4, -0.2) is 38.7 Å². The van der Waals surface area contributed by atoms with Crippen molar-refractivity contribution in [2.24, 2.45) is 0 Å². The van der Waals surface area contributed by atoms with Crippen molar-refractivity contribution in [2.75, 3.05) is 16.2 Å². The molecule has 0 saturated carbocycles. The zero-order valence-corrected chi connectivity index (χ0v) is 13.7. The summed E-state index contributed by atoms with van der Waals surface area (Å²) in [6.45, 7) is 0. The van der Waals surface area contributed by atoms with Gasteiger partial charge in [0.05, 0.1) is 16.8 Å². The van der Waals surface area contributed by atoms with E-state index in [0.717, 1.165) is 0 Å². The third-order valence-corrected chi connectivity index (χ3v) is 4.97. The molecule has 22 heavy (non-hydrogen) atoms. The topological polar surface area (TPSA) is 112 Å². The van der Waals surface area contributed by atoms with Gasteiger partial charge >= 0.3 is 0 Å². The van der Waals surface area contributed by atoms with E-state index >= 15 is 0 Å². The van der Waals surface area contributed by atoms with Crippen LogP contribution in [0.4, 0.5) is 5.82 Å². The van der Waals surface area contributed by atoms with Gasteiger partial charge in [0, 0.05) is 5.75 Å². The van der Waals surface area contributed by atoms with Gasteiger partial charge in [-0.15, -0.1) is 0 Å². The minimum atomic E-state index is -3.66. The fraction of sp³-hybridized carbons (Fsp3) is 0.333. The Hall–Kier alpha value is -1.29. The molecule has 1 heterocycles. The Morgan fingerprint density at radius 1 is 1.18 bits per heavy atom. The van der Waals surface area contributed by atoms with E-state index in [9.17, 15) is 17.2 Å². The number of benzene rings is 1. The number of nitrogens with one attached hydrogen (secondary N) is 1. The molecule has 1 aromatic carbocycles. The first kappa shape index (κ1) is 17.1. The summed E-state index contributed by atoms with van der Waals surface area (Å²) >= 11 is 3.77. The molecule has 7 nitrogen and oxygen atoms in total. The van der Waals surface area contributed by atoms with E-state index in [4.69, 9.17) is 11.6 Å². The second-order valence-corrected chi connectivity index (χ2v) is 7.70. The first-order valence-corrected chi connectivity index (χ1v) is 9.63. The fourth-order valence-electron chi connectivity index (χ4n) is 1.75.